The summed E-state index contributed by atoms with van der Waals surface area (Å²) in [5.74, 6) is 0.883. The van der Waals surface area contributed by atoms with Gasteiger partial charge < -0.3 is 9.88 Å². The molecule has 3 nitrogen and oxygen atoms in total. The Kier molecular flexibility index (Phi) is 5.58. The van der Waals surface area contributed by atoms with E-state index in [-0.39, 0.29) is 7.43 Å². The third-order valence-electron chi connectivity index (χ3n) is 3.86. The number of aromatic nitrogens is 2. The van der Waals surface area contributed by atoms with Gasteiger partial charge in [-0.1, -0.05) is 37.8 Å². The van der Waals surface area contributed by atoms with Gasteiger partial charge in [0.25, 0.3) is 0 Å². The largest absolute Gasteiger partial charge is 0.372 e. The van der Waals surface area contributed by atoms with E-state index in [0.29, 0.717) is 0 Å². The lowest BCUT2D eigenvalue weighted by molar-refractivity contribution is 0.866. The number of para-hydroxylation sites is 2. The van der Waals surface area contributed by atoms with Crippen LogP contribution in [-0.4, -0.2) is 23.1 Å². The highest BCUT2D eigenvalue weighted by atomic mass is 15.1. The summed E-state index contributed by atoms with van der Waals surface area (Å²) in [6, 6.07) is 16.7. The number of nitrogens with zero attached hydrogens (tertiary/aromatic N) is 2. The summed E-state index contributed by atoms with van der Waals surface area (Å²) in [6.07, 6.45) is 4.11. The van der Waals surface area contributed by atoms with Crippen molar-refractivity contribution >= 4 is 28.9 Å². The number of anilines is 1. The van der Waals surface area contributed by atoms with E-state index in [1.165, 1.54) is 11.3 Å². The van der Waals surface area contributed by atoms with Gasteiger partial charge in [0.2, 0.25) is 0 Å². The smallest absolute Gasteiger partial charge is 0.131 e. The minimum atomic E-state index is 0. The normalized spacial score (nSPS) is 10.9. The Balaban J connectivity index is 0.00000192. The molecule has 0 aliphatic heterocycles. The molecule has 3 heteroatoms. The fraction of sp³-hybridized carbons (Fsp3) is 0.250. The molecule has 0 spiro atoms. The van der Waals surface area contributed by atoms with Gasteiger partial charge >= 0.3 is 0 Å². The molecule has 1 aromatic heterocycles. The zero-order valence-corrected chi connectivity index (χ0v) is 13.1. The summed E-state index contributed by atoms with van der Waals surface area (Å²) >= 11 is 0. The van der Waals surface area contributed by atoms with E-state index >= 15 is 0 Å². The monoisotopic (exact) mass is 307 g/mol. The Hall–Kier alpha value is -2.55. The molecule has 0 saturated heterocycles. The Morgan fingerprint density at radius 1 is 0.957 bits per heavy atom. The third kappa shape index (κ3) is 3.81. The van der Waals surface area contributed by atoms with Gasteiger partial charge in [-0.2, -0.15) is 0 Å². The predicted octanol–water partition coefficient (Wildman–Crippen LogP) is 5.22. The number of hydrogen-bond donors (Lipinski definition) is 1. The first-order valence-electron chi connectivity index (χ1n) is 7.78. The Bertz CT molecular complexity index is 732. The zero-order chi connectivity index (χ0) is 15.4. The molecule has 120 valence electrons. The van der Waals surface area contributed by atoms with E-state index in [2.05, 4.69) is 59.1 Å². The molecule has 23 heavy (non-hydrogen) atoms. The topological polar surface area (TPSA) is 31.9 Å². The summed E-state index contributed by atoms with van der Waals surface area (Å²) in [4.78, 5) is 10.2. The third-order valence-corrected chi connectivity index (χ3v) is 3.86. The van der Waals surface area contributed by atoms with Gasteiger partial charge in [0, 0.05) is 18.8 Å². The maximum Gasteiger partial charge on any atom is 0.131 e. The quantitative estimate of drug-likeness (QED) is 0.701. The van der Waals surface area contributed by atoms with Crippen LogP contribution in [-0.2, 0) is 0 Å². The fourth-order valence-electron chi connectivity index (χ4n) is 2.61. The Labute approximate surface area is 138 Å². The maximum absolute atomic E-state index is 4.55. The molecule has 0 saturated carbocycles. The second-order valence-electron chi connectivity index (χ2n) is 5.24. The molecule has 0 fully saturated rings. The van der Waals surface area contributed by atoms with Gasteiger partial charge in [0.15, 0.2) is 0 Å². The van der Waals surface area contributed by atoms with Crippen molar-refractivity contribution in [1.29, 1.82) is 0 Å². The number of aromatic amines is 1. The van der Waals surface area contributed by atoms with Crippen molar-refractivity contribution < 1.29 is 0 Å². The molecule has 3 aromatic rings. The van der Waals surface area contributed by atoms with Gasteiger partial charge in [-0.25, -0.2) is 4.98 Å². The summed E-state index contributed by atoms with van der Waals surface area (Å²) in [5.41, 5.74) is 4.51. The molecular weight excluding hydrogens is 282 g/mol. The second-order valence-corrected chi connectivity index (χ2v) is 5.24. The average Bonchev–Trinajstić information content (AvgIpc) is 2.98. The highest BCUT2D eigenvalue weighted by molar-refractivity contribution is 5.78. The zero-order valence-electron chi connectivity index (χ0n) is 13.1. The van der Waals surface area contributed by atoms with Crippen LogP contribution in [0.15, 0.2) is 48.5 Å². The van der Waals surface area contributed by atoms with Crippen LogP contribution in [0.2, 0.25) is 0 Å². The van der Waals surface area contributed by atoms with Crippen molar-refractivity contribution in [3.63, 3.8) is 0 Å². The van der Waals surface area contributed by atoms with Crippen LogP contribution in [0, 0.1) is 0 Å². The van der Waals surface area contributed by atoms with Crippen molar-refractivity contribution in [1.82, 2.24) is 9.97 Å². The first-order chi connectivity index (χ1) is 10.8. The SMILES string of the molecule is C.CCN(CC)c1ccc(/C=C/c2nc3ccccc3[nH]2)cc1. The molecule has 0 radical (unpaired) electrons. The van der Waals surface area contributed by atoms with E-state index < -0.39 is 0 Å². The summed E-state index contributed by atoms with van der Waals surface area (Å²) < 4.78 is 0. The minimum Gasteiger partial charge on any atom is -0.372 e. The van der Waals surface area contributed by atoms with Gasteiger partial charge in [-0.15, -0.1) is 0 Å². The van der Waals surface area contributed by atoms with Crippen molar-refractivity contribution in [3.05, 3.63) is 59.9 Å². The van der Waals surface area contributed by atoms with Gasteiger partial charge in [-0.3, -0.25) is 0 Å². The number of H-pyrrole nitrogens is 1. The molecule has 0 aliphatic rings. The molecule has 3 rings (SSSR count). The van der Waals surface area contributed by atoms with E-state index in [0.717, 1.165) is 29.9 Å². The van der Waals surface area contributed by atoms with Crippen LogP contribution >= 0.6 is 0 Å². The van der Waals surface area contributed by atoms with Gasteiger partial charge in [0.1, 0.15) is 5.82 Å². The van der Waals surface area contributed by atoms with E-state index in [9.17, 15) is 0 Å². The summed E-state index contributed by atoms with van der Waals surface area (Å²) in [5, 5.41) is 0. The lowest BCUT2D eigenvalue weighted by atomic mass is 10.2. The molecule has 1 heterocycles. The highest BCUT2D eigenvalue weighted by Gasteiger charge is 2.01. The van der Waals surface area contributed by atoms with Crippen LogP contribution in [0.4, 0.5) is 5.69 Å². The second kappa shape index (κ2) is 7.63. The average molecular weight is 307 g/mol. The molecule has 0 bridgehead atoms. The summed E-state index contributed by atoms with van der Waals surface area (Å²) in [7, 11) is 0. The minimum absolute atomic E-state index is 0. The molecule has 1 N–H and O–H groups in total. The molecule has 0 aliphatic carbocycles. The number of imidazole rings is 1. The number of fused-ring (bicyclic) bond motifs is 1. The first kappa shape index (κ1) is 16.8. The van der Waals surface area contributed by atoms with Crippen LogP contribution in [0.1, 0.15) is 32.7 Å². The number of benzene rings is 2. The lowest BCUT2D eigenvalue weighted by Gasteiger charge is -2.20. The van der Waals surface area contributed by atoms with Gasteiger partial charge in [0.05, 0.1) is 11.0 Å². The summed E-state index contributed by atoms with van der Waals surface area (Å²) in [6.45, 7) is 6.42. The van der Waals surface area contributed by atoms with E-state index in [1.54, 1.807) is 0 Å². The number of hydrogen-bond acceptors (Lipinski definition) is 2. The molecular formula is C20H25N3. The standard InChI is InChI=1S/C19H21N3.CH4/c1-3-22(4-2)16-12-9-15(10-13-16)11-14-19-20-17-7-5-6-8-18(17)21-19;/h5-14H,3-4H2,1-2H3,(H,20,21);1H4/b14-11+;. The van der Waals surface area contributed by atoms with Crippen LogP contribution in [0.5, 0.6) is 0 Å². The van der Waals surface area contributed by atoms with E-state index in [1.807, 2.05) is 30.3 Å². The van der Waals surface area contributed by atoms with E-state index in [4.69, 9.17) is 0 Å². The van der Waals surface area contributed by atoms with Crippen LogP contribution in [0.3, 0.4) is 0 Å². The van der Waals surface area contributed by atoms with Crippen molar-refractivity contribution in [2.45, 2.75) is 21.3 Å². The maximum atomic E-state index is 4.55. The Morgan fingerprint density at radius 3 is 2.30 bits per heavy atom. The van der Waals surface area contributed by atoms with Crippen molar-refractivity contribution in [3.8, 4) is 0 Å². The number of rotatable bonds is 5. The highest BCUT2D eigenvalue weighted by Crippen LogP contribution is 2.17. The number of nitrogens with one attached hydrogen (secondary N) is 1. The first-order valence-corrected chi connectivity index (χ1v) is 7.78. The Morgan fingerprint density at radius 2 is 1.65 bits per heavy atom. The fourth-order valence-corrected chi connectivity index (χ4v) is 2.61. The lowest BCUT2D eigenvalue weighted by Crippen LogP contribution is -2.21. The predicted molar refractivity (Wildman–Crippen MR) is 102 cm³/mol. The molecule has 0 unspecified atom stereocenters. The molecule has 2 aromatic carbocycles. The van der Waals surface area contributed by atoms with Gasteiger partial charge in [-0.05, 0) is 49.8 Å². The van der Waals surface area contributed by atoms with Crippen LogP contribution < -0.4 is 4.90 Å². The van der Waals surface area contributed by atoms with Crippen LogP contribution in [0.25, 0.3) is 23.2 Å². The van der Waals surface area contributed by atoms with Crippen molar-refractivity contribution in [2.24, 2.45) is 0 Å². The van der Waals surface area contributed by atoms with Crippen molar-refractivity contribution in [2.75, 3.05) is 18.0 Å². The molecule has 0 atom stereocenters. The molecule has 0 amide bonds.